The minimum atomic E-state index is 0.337. The lowest BCUT2D eigenvalue weighted by molar-refractivity contribution is 0.501. The van der Waals surface area contributed by atoms with Crippen LogP contribution in [-0.2, 0) is 0 Å². The van der Waals surface area contributed by atoms with Gasteiger partial charge in [0.2, 0.25) is 0 Å². The van der Waals surface area contributed by atoms with Crippen LogP contribution < -0.4 is 0 Å². The SMILES string of the molecule is CCC/C(CC)=C(\O)c1c(Cl)cccc1-c1ccccc1. The average Bonchev–Trinajstić information content (AvgIpc) is 2.52. The van der Waals surface area contributed by atoms with Crippen LogP contribution in [0.15, 0.2) is 54.1 Å². The highest BCUT2D eigenvalue weighted by Gasteiger charge is 2.15. The van der Waals surface area contributed by atoms with Gasteiger partial charge in [0.15, 0.2) is 0 Å². The van der Waals surface area contributed by atoms with Crippen molar-refractivity contribution in [1.29, 1.82) is 0 Å². The standard InChI is InChI=1S/C19H21ClO/c1-3-9-14(4-2)19(21)18-16(12-8-13-17(18)20)15-10-6-5-7-11-15/h5-8,10-13,21H,3-4,9H2,1-2H3/b19-14-. The summed E-state index contributed by atoms with van der Waals surface area (Å²) >= 11 is 6.38. The number of rotatable bonds is 5. The van der Waals surface area contributed by atoms with E-state index >= 15 is 0 Å². The molecule has 0 aromatic heterocycles. The number of benzene rings is 2. The molecular formula is C19H21ClO. The highest BCUT2D eigenvalue weighted by atomic mass is 35.5. The van der Waals surface area contributed by atoms with Crippen molar-refractivity contribution in [2.24, 2.45) is 0 Å². The molecule has 0 bridgehead atoms. The van der Waals surface area contributed by atoms with Crippen molar-refractivity contribution in [3.8, 4) is 11.1 Å². The largest absolute Gasteiger partial charge is 0.507 e. The van der Waals surface area contributed by atoms with Crippen molar-refractivity contribution in [3.63, 3.8) is 0 Å². The van der Waals surface area contributed by atoms with Crippen LogP contribution in [0.5, 0.6) is 0 Å². The summed E-state index contributed by atoms with van der Waals surface area (Å²) in [5.41, 5.74) is 3.84. The lowest BCUT2D eigenvalue weighted by Gasteiger charge is -2.15. The third-order valence-corrected chi connectivity index (χ3v) is 3.96. The molecule has 0 saturated carbocycles. The van der Waals surface area contributed by atoms with Crippen molar-refractivity contribution in [1.82, 2.24) is 0 Å². The second kappa shape index (κ2) is 7.33. The van der Waals surface area contributed by atoms with E-state index in [1.165, 1.54) is 0 Å². The van der Waals surface area contributed by atoms with Crippen LogP contribution >= 0.6 is 11.6 Å². The quantitative estimate of drug-likeness (QED) is 0.626. The van der Waals surface area contributed by atoms with Crippen molar-refractivity contribution in [2.75, 3.05) is 0 Å². The minimum absolute atomic E-state index is 0.337. The molecule has 2 heteroatoms. The average molecular weight is 301 g/mol. The van der Waals surface area contributed by atoms with Crippen LogP contribution in [0, 0.1) is 0 Å². The zero-order valence-corrected chi connectivity index (χ0v) is 13.3. The Balaban J connectivity index is 2.63. The molecule has 2 rings (SSSR count). The predicted octanol–water partition coefficient (Wildman–Crippen LogP) is 6.49. The van der Waals surface area contributed by atoms with Crippen molar-refractivity contribution >= 4 is 17.4 Å². The molecular weight excluding hydrogens is 280 g/mol. The van der Waals surface area contributed by atoms with Gasteiger partial charge in [0.05, 0.1) is 5.02 Å². The predicted molar refractivity (Wildman–Crippen MR) is 91.6 cm³/mol. The van der Waals surface area contributed by atoms with E-state index in [0.717, 1.165) is 41.5 Å². The molecule has 0 aliphatic rings. The summed E-state index contributed by atoms with van der Waals surface area (Å²) in [6.07, 6.45) is 2.74. The first-order valence-electron chi connectivity index (χ1n) is 7.44. The molecule has 0 radical (unpaired) electrons. The van der Waals surface area contributed by atoms with Gasteiger partial charge in [-0.25, -0.2) is 0 Å². The van der Waals surface area contributed by atoms with E-state index in [1.54, 1.807) is 0 Å². The third-order valence-electron chi connectivity index (χ3n) is 3.65. The van der Waals surface area contributed by atoms with Crippen LogP contribution in [-0.4, -0.2) is 5.11 Å². The Morgan fingerprint density at radius 2 is 1.71 bits per heavy atom. The number of aliphatic hydroxyl groups is 1. The third kappa shape index (κ3) is 3.48. The van der Waals surface area contributed by atoms with E-state index in [2.05, 4.69) is 13.8 Å². The van der Waals surface area contributed by atoms with E-state index < -0.39 is 0 Å². The van der Waals surface area contributed by atoms with Gasteiger partial charge in [0.25, 0.3) is 0 Å². The maximum Gasteiger partial charge on any atom is 0.124 e. The number of allylic oxidation sites excluding steroid dienone is 1. The number of hydrogen-bond acceptors (Lipinski definition) is 1. The topological polar surface area (TPSA) is 20.2 Å². The van der Waals surface area contributed by atoms with Gasteiger partial charge in [-0.1, -0.05) is 74.3 Å². The van der Waals surface area contributed by atoms with Crippen LogP contribution in [0.3, 0.4) is 0 Å². The Kier molecular flexibility index (Phi) is 5.46. The Bertz CT molecular complexity index is 629. The summed E-state index contributed by atoms with van der Waals surface area (Å²) in [5, 5.41) is 11.3. The molecule has 0 amide bonds. The molecule has 2 aromatic rings. The molecule has 1 nitrogen and oxygen atoms in total. The van der Waals surface area contributed by atoms with E-state index in [1.807, 2.05) is 48.5 Å². The summed E-state index contributed by atoms with van der Waals surface area (Å²) in [4.78, 5) is 0. The molecule has 21 heavy (non-hydrogen) atoms. The van der Waals surface area contributed by atoms with E-state index in [0.29, 0.717) is 10.8 Å². The van der Waals surface area contributed by atoms with Gasteiger partial charge in [-0.3, -0.25) is 0 Å². The van der Waals surface area contributed by atoms with Gasteiger partial charge in [0, 0.05) is 5.56 Å². The number of hydrogen-bond donors (Lipinski definition) is 1. The molecule has 0 atom stereocenters. The summed E-state index contributed by atoms with van der Waals surface area (Å²) in [6.45, 7) is 4.19. The Hall–Kier alpha value is -1.73. The molecule has 0 saturated heterocycles. The minimum Gasteiger partial charge on any atom is -0.507 e. The Morgan fingerprint density at radius 3 is 2.33 bits per heavy atom. The van der Waals surface area contributed by atoms with E-state index in [4.69, 9.17) is 11.6 Å². The van der Waals surface area contributed by atoms with Gasteiger partial charge in [0.1, 0.15) is 5.76 Å². The zero-order chi connectivity index (χ0) is 15.2. The van der Waals surface area contributed by atoms with Crippen LogP contribution in [0.25, 0.3) is 16.9 Å². The monoisotopic (exact) mass is 300 g/mol. The number of aliphatic hydroxyl groups excluding tert-OH is 1. The molecule has 0 aliphatic heterocycles. The van der Waals surface area contributed by atoms with Gasteiger partial charge < -0.3 is 5.11 Å². The van der Waals surface area contributed by atoms with E-state index in [-0.39, 0.29) is 0 Å². The summed E-state index contributed by atoms with van der Waals surface area (Å²) < 4.78 is 0. The maximum absolute atomic E-state index is 10.7. The van der Waals surface area contributed by atoms with Crippen molar-refractivity contribution in [2.45, 2.75) is 33.1 Å². The summed E-state index contributed by atoms with van der Waals surface area (Å²) in [6, 6.07) is 15.8. The first-order chi connectivity index (χ1) is 10.2. The van der Waals surface area contributed by atoms with Crippen LogP contribution in [0.4, 0.5) is 0 Å². The van der Waals surface area contributed by atoms with Crippen LogP contribution in [0.1, 0.15) is 38.7 Å². The second-order valence-electron chi connectivity index (χ2n) is 5.08. The fourth-order valence-corrected chi connectivity index (χ4v) is 2.83. The van der Waals surface area contributed by atoms with Crippen molar-refractivity contribution < 1.29 is 5.11 Å². The highest BCUT2D eigenvalue weighted by Crippen LogP contribution is 2.35. The Labute approximate surface area is 131 Å². The lowest BCUT2D eigenvalue weighted by Crippen LogP contribution is -1.95. The molecule has 2 aromatic carbocycles. The molecule has 0 spiro atoms. The molecule has 0 fully saturated rings. The summed E-state index contributed by atoms with van der Waals surface area (Å²) in [7, 11) is 0. The molecule has 0 heterocycles. The zero-order valence-electron chi connectivity index (χ0n) is 12.6. The fourth-order valence-electron chi connectivity index (χ4n) is 2.56. The summed E-state index contributed by atoms with van der Waals surface area (Å²) in [5.74, 6) is 0.337. The second-order valence-corrected chi connectivity index (χ2v) is 5.49. The van der Waals surface area contributed by atoms with Gasteiger partial charge >= 0.3 is 0 Å². The van der Waals surface area contributed by atoms with Gasteiger partial charge in [-0.05, 0) is 35.6 Å². The normalized spacial score (nSPS) is 12.1. The maximum atomic E-state index is 10.7. The first kappa shape index (κ1) is 15.7. The lowest BCUT2D eigenvalue weighted by atomic mass is 9.94. The first-order valence-corrected chi connectivity index (χ1v) is 7.82. The van der Waals surface area contributed by atoms with Gasteiger partial charge in [-0.2, -0.15) is 0 Å². The molecule has 0 aliphatic carbocycles. The molecule has 1 N–H and O–H groups in total. The fraction of sp³-hybridized carbons (Fsp3) is 0.263. The highest BCUT2D eigenvalue weighted by molar-refractivity contribution is 6.32. The Morgan fingerprint density at radius 1 is 1.00 bits per heavy atom. The van der Waals surface area contributed by atoms with Crippen molar-refractivity contribution in [3.05, 3.63) is 64.7 Å². The molecule has 110 valence electrons. The molecule has 0 unspecified atom stereocenters. The van der Waals surface area contributed by atoms with Crippen LogP contribution in [0.2, 0.25) is 5.02 Å². The number of halogens is 1. The smallest absolute Gasteiger partial charge is 0.124 e. The van der Waals surface area contributed by atoms with Gasteiger partial charge in [-0.15, -0.1) is 0 Å². The van der Waals surface area contributed by atoms with E-state index in [9.17, 15) is 5.11 Å².